The minimum atomic E-state index is -2.42. The van der Waals surface area contributed by atoms with Crippen LogP contribution in [-0.4, -0.2) is 152 Å². The maximum absolute atomic E-state index is 14.1. The van der Waals surface area contributed by atoms with Crippen molar-refractivity contribution in [3.63, 3.8) is 0 Å². The highest BCUT2D eigenvalue weighted by Crippen LogP contribution is 2.52. The molecule has 0 bridgehead atoms. The molecule has 0 radical (unpaired) electrons. The Kier molecular flexibility index (Phi) is 21.9. The van der Waals surface area contributed by atoms with E-state index in [4.69, 9.17) is 24.7 Å². The molecule has 11 N–H and O–H groups in total. The van der Waals surface area contributed by atoms with Crippen LogP contribution in [0.2, 0.25) is 0 Å². The molecule has 1 unspecified atom stereocenters. The Labute approximate surface area is 485 Å². The number of ketones is 4. The summed E-state index contributed by atoms with van der Waals surface area (Å²) in [5, 5.41) is 66.9. The summed E-state index contributed by atoms with van der Waals surface area (Å²) in [5.74, 6) is -7.56. The summed E-state index contributed by atoms with van der Waals surface area (Å²) in [6.07, 6.45) is -5.81. The van der Waals surface area contributed by atoms with Crippen LogP contribution in [0, 0.1) is 17.8 Å². The van der Waals surface area contributed by atoms with Crippen LogP contribution < -0.4 is 31.7 Å². The van der Waals surface area contributed by atoms with E-state index in [0.717, 1.165) is 0 Å². The predicted molar refractivity (Wildman–Crippen MR) is 298 cm³/mol. The molecule has 0 aromatic heterocycles. The normalized spacial score (nSPS) is 22.4. The van der Waals surface area contributed by atoms with Gasteiger partial charge in [-0.2, -0.15) is 0 Å². The number of aliphatic hydroxyl groups excluding tert-OH is 2. The summed E-state index contributed by atoms with van der Waals surface area (Å²) in [6.45, 7) is 5.72. The Morgan fingerprint density at radius 2 is 1.62 bits per heavy atom. The number of nitrogens with zero attached hydrogens (tertiary/aromatic N) is 1. The number of benzene rings is 3. The number of rotatable bonds is 25. The first kappa shape index (κ1) is 65.3. The number of ether oxygens (including phenoxy) is 4. The smallest absolute Gasteiger partial charge is 0.407 e. The monoisotopic (exact) mass is 1170 g/mol. The Balaban J connectivity index is 0.0000113. The molecule has 25 heteroatoms. The molecule has 4 aliphatic rings. The number of fused-ring (bicyclic) bond motifs is 3. The Hall–Kier alpha value is -7.84. The number of imide groups is 1. The van der Waals surface area contributed by atoms with Gasteiger partial charge in [-0.25, -0.2) is 9.59 Å². The van der Waals surface area contributed by atoms with Crippen LogP contribution in [0.5, 0.6) is 17.2 Å². The summed E-state index contributed by atoms with van der Waals surface area (Å²) >= 11 is 0. The zero-order valence-electron chi connectivity index (χ0n) is 46.8. The van der Waals surface area contributed by atoms with Gasteiger partial charge in [-0.3, -0.25) is 43.3 Å². The van der Waals surface area contributed by atoms with Crippen molar-refractivity contribution in [3.05, 3.63) is 81.4 Å². The lowest BCUT2D eigenvalue weighted by atomic mass is 9.72. The first-order valence-corrected chi connectivity index (χ1v) is 27.6. The zero-order chi connectivity index (χ0) is 60.6. The number of likely N-dealkylation sites (tertiary alicyclic amines) is 1. The molecule has 2 aliphatic carbocycles. The highest BCUT2D eigenvalue weighted by Gasteiger charge is 2.51. The van der Waals surface area contributed by atoms with Gasteiger partial charge < -0.3 is 71.5 Å². The fraction of sp³-hybridized carbons (Fsp3) is 0.525. The number of carbonyl (C=O) groups is 10. The van der Waals surface area contributed by atoms with Gasteiger partial charge in [0.15, 0.2) is 23.6 Å². The molecule has 7 amide bonds. The number of nitrogens with two attached hydrogens (primary N) is 1. The van der Waals surface area contributed by atoms with E-state index in [2.05, 4.69) is 21.3 Å². The topological polar surface area (TPSA) is 386 Å². The van der Waals surface area contributed by atoms with Gasteiger partial charge in [-0.15, -0.1) is 0 Å². The number of anilines is 1. The standard InChI is InChI=1S/C58H72N6O19.CH4/c1-28(2)48(63-41(68)14-7-6-8-20-64-42(69)21-29(3)55(64)76)37(66)22-32(11-10-19-60-56(59)77)54(75)61-33-17-15-31(16-18-33)27-81-57(78)62-36-23-43(82-30(4)49(36)70)83-39-25-58(79,40(67)26-65)24-35-45(39)53(74)47-46(51(35)72)50(71)34-12-9-13-38(80-5)44(34)52(47)73;/h9,12-13,15-18,28-30,32,36,39,43,48-49,65,70,72,74,79H,6-8,10-11,14,19-27H2,1-5H3,(H,61,75)(H,62,78)(H,63,68)(H3,59,60,77);1H4/t29?,30-,32+,36-,39-,43-,48-,49+,58-;/m0./s1. The zero-order valence-corrected chi connectivity index (χ0v) is 46.8. The van der Waals surface area contributed by atoms with Crippen molar-refractivity contribution in [1.29, 1.82) is 0 Å². The van der Waals surface area contributed by atoms with E-state index in [-0.39, 0.29) is 123 Å². The summed E-state index contributed by atoms with van der Waals surface area (Å²) in [6, 6.07) is 7.68. The van der Waals surface area contributed by atoms with Gasteiger partial charge >= 0.3 is 12.1 Å². The molecule has 2 heterocycles. The van der Waals surface area contributed by atoms with Crippen LogP contribution >= 0.6 is 0 Å². The lowest BCUT2D eigenvalue weighted by Gasteiger charge is -2.42. The molecule has 84 heavy (non-hydrogen) atoms. The second kappa shape index (κ2) is 28.2. The van der Waals surface area contributed by atoms with Crippen LogP contribution in [0.15, 0.2) is 42.5 Å². The fourth-order valence-electron chi connectivity index (χ4n) is 11.1. The maximum Gasteiger partial charge on any atom is 0.407 e. The van der Waals surface area contributed by atoms with Gasteiger partial charge in [0.25, 0.3) is 0 Å². The summed E-state index contributed by atoms with van der Waals surface area (Å²) in [5.41, 5.74) is 1.60. The molecule has 0 spiro atoms. The lowest BCUT2D eigenvalue weighted by molar-refractivity contribution is -0.249. The summed E-state index contributed by atoms with van der Waals surface area (Å²) in [4.78, 5) is 132. The maximum atomic E-state index is 14.1. The molecule has 3 aromatic carbocycles. The number of amides is 7. The van der Waals surface area contributed by atoms with E-state index in [1.165, 1.54) is 37.1 Å². The van der Waals surface area contributed by atoms with E-state index in [1.54, 1.807) is 45.0 Å². The molecule has 7 rings (SSSR count). The quantitative estimate of drug-likeness (QED) is 0.0257. The number of Topliss-reactive ketones (excluding diaryl/α,β-unsaturated/α-hetero) is 2. The number of hydrogen-bond donors (Lipinski definition) is 10. The molecular formula is C59H76N6O19. The van der Waals surface area contributed by atoms with Crippen molar-refractivity contribution in [2.24, 2.45) is 23.5 Å². The second-order valence-corrected chi connectivity index (χ2v) is 21.9. The number of urea groups is 1. The lowest BCUT2D eigenvalue weighted by Crippen LogP contribution is -2.56. The van der Waals surface area contributed by atoms with Crippen LogP contribution in [0.4, 0.5) is 15.3 Å². The third-order valence-corrected chi connectivity index (χ3v) is 15.6. The van der Waals surface area contributed by atoms with E-state index < -0.39 is 126 Å². The van der Waals surface area contributed by atoms with Crippen molar-refractivity contribution in [3.8, 4) is 17.2 Å². The number of unbranched alkanes of at least 4 members (excludes halogenated alkanes) is 2. The molecule has 2 fully saturated rings. The number of carbonyl (C=O) groups excluding carboxylic acids is 10. The number of phenols is 2. The number of hydrogen-bond acceptors (Lipinski definition) is 19. The van der Waals surface area contributed by atoms with Crippen molar-refractivity contribution < 1.29 is 92.4 Å². The van der Waals surface area contributed by atoms with Gasteiger partial charge in [0, 0.05) is 85.8 Å². The van der Waals surface area contributed by atoms with Gasteiger partial charge in [-0.1, -0.05) is 58.9 Å². The van der Waals surface area contributed by atoms with Crippen molar-refractivity contribution in [1.82, 2.24) is 20.9 Å². The van der Waals surface area contributed by atoms with Crippen molar-refractivity contribution >= 4 is 64.6 Å². The van der Waals surface area contributed by atoms with Gasteiger partial charge in [0.05, 0.1) is 48.1 Å². The first-order valence-electron chi connectivity index (χ1n) is 27.6. The average molecular weight is 1170 g/mol. The van der Waals surface area contributed by atoms with Gasteiger partial charge in [0.2, 0.25) is 29.4 Å². The molecule has 2 saturated heterocycles. The number of alkyl carbamates (subject to hydrolysis) is 1. The number of aromatic hydroxyl groups is 2. The number of primary amides is 1. The molecule has 2 aliphatic heterocycles. The molecule has 9 atom stereocenters. The Bertz CT molecular complexity index is 3020. The minimum Gasteiger partial charge on any atom is -0.507 e. The number of phenolic OH excluding ortho intramolecular Hbond substituents is 2. The fourth-order valence-corrected chi connectivity index (χ4v) is 11.1. The number of nitrogens with one attached hydrogen (secondary N) is 4. The summed E-state index contributed by atoms with van der Waals surface area (Å²) < 4.78 is 23.0. The van der Waals surface area contributed by atoms with E-state index >= 15 is 0 Å². The van der Waals surface area contributed by atoms with Crippen LogP contribution in [-0.2, 0) is 56.0 Å². The largest absolute Gasteiger partial charge is 0.507 e. The predicted octanol–water partition coefficient (Wildman–Crippen LogP) is 3.66. The van der Waals surface area contributed by atoms with Gasteiger partial charge in [-0.05, 0) is 62.3 Å². The summed E-state index contributed by atoms with van der Waals surface area (Å²) in [7, 11) is 1.28. The van der Waals surface area contributed by atoms with Crippen molar-refractivity contribution in [2.45, 2.75) is 155 Å². The average Bonchev–Trinajstić information content (AvgIpc) is 0.910. The molecule has 25 nitrogen and oxygen atoms in total. The molecular weight excluding hydrogens is 1100 g/mol. The number of aliphatic hydroxyl groups is 3. The Morgan fingerprint density at radius 3 is 2.26 bits per heavy atom. The van der Waals surface area contributed by atoms with E-state index in [1.807, 2.05) is 0 Å². The molecule has 0 saturated carbocycles. The third-order valence-electron chi connectivity index (χ3n) is 15.6. The van der Waals surface area contributed by atoms with Crippen LogP contribution in [0.3, 0.4) is 0 Å². The van der Waals surface area contributed by atoms with Gasteiger partial charge in [0.1, 0.15) is 42.2 Å². The number of methoxy groups -OCH3 is 1. The minimum absolute atomic E-state index is 0. The third kappa shape index (κ3) is 14.7. The van der Waals surface area contributed by atoms with Crippen LogP contribution in [0.25, 0.3) is 0 Å². The van der Waals surface area contributed by atoms with Crippen molar-refractivity contribution in [2.75, 3.05) is 32.1 Å². The molecule has 456 valence electrons. The second-order valence-electron chi connectivity index (χ2n) is 21.9. The highest BCUT2D eigenvalue weighted by atomic mass is 16.7. The SMILES string of the molecule is C.COc1cccc2c1C(=O)c1c(O)c3c(c(O)c1C2=O)C[C@@](O)(C(=O)CO)C[C@@H]3O[C@H]1C[C@H](NC(=O)OCc2ccc(NC(=O)[C@H](CCCNC(N)=O)CC(=O)[C@@H](NC(=O)CCCCCN3C(=O)CC(C)C3=O)C(C)C)cc2)[C@H](O)[C@H](C)O1. The first-order chi connectivity index (χ1) is 39.4. The van der Waals surface area contributed by atoms with Crippen LogP contribution in [0.1, 0.15) is 154 Å². The molecule has 3 aromatic rings. The Morgan fingerprint density at radius 1 is 0.917 bits per heavy atom. The van der Waals surface area contributed by atoms with E-state index in [9.17, 15) is 73.5 Å². The highest BCUT2D eigenvalue weighted by molar-refractivity contribution is 6.31. The van der Waals surface area contributed by atoms with E-state index in [0.29, 0.717) is 36.9 Å².